The van der Waals surface area contributed by atoms with E-state index in [1.807, 2.05) is 6.92 Å². The molecule has 0 bridgehead atoms. The number of hydrogen-bond donors (Lipinski definition) is 2. The minimum absolute atomic E-state index is 0.0836. The molecule has 3 N–H and O–H groups in total. The fourth-order valence-electron chi connectivity index (χ4n) is 1.23. The summed E-state index contributed by atoms with van der Waals surface area (Å²) in [5.74, 6) is -0.0836. The van der Waals surface area contributed by atoms with Crippen LogP contribution in [0.4, 0.5) is 0 Å². The van der Waals surface area contributed by atoms with Gasteiger partial charge in [0.15, 0.2) is 5.84 Å². The smallest absolute Gasteiger partial charge is 0.317 e. The molecule has 0 saturated carbocycles. The third kappa shape index (κ3) is 3.87. The van der Waals surface area contributed by atoms with Crippen molar-refractivity contribution < 1.29 is 14.7 Å². The number of hydrogen-bond acceptors (Lipinski definition) is 6. The first-order chi connectivity index (χ1) is 8.06. The van der Waals surface area contributed by atoms with Crippen molar-refractivity contribution >= 4 is 5.84 Å². The molecule has 0 aromatic carbocycles. The van der Waals surface area contributed by atoms with Crippen molar-refractivity contribution in [1.29, 1.82) is 0 Å². The maximum Gasteiger partial charge on any atom is 0.317 e. The fraction of sp³-hybridized carbons (Fsp3) is 0.500. The Hall–Kier alpha value is -1.89. The molecule has 7 heteroatoms. The van der Waals surface area contributed by atoms with Crippen molar-refractivity contribution in [2.75, 3.05) is 13.7 Å². The van der Waals surface area contributed by atoms with Gasteiger partial charge in [-0.1, -0.05) is 5.16 Å². The van der Waals surface area contributed by atoms with Crippen LogP contribution in [0.25, 0.3) is 0 Å². The Balaban J connectivity index is 2.90. The van der Waals surface area contributed by atoms with Gasteiger partial charge in [-0.25, -0.2) is 4.98 Å². The van der Waals surface area contributed by atoms with E-state index in [2.05, 4.69) is 15.1 Å². The number of nitrogens with zero attached hydrogens (tertiary/aromatic N) is 3. The molecule has 1 atom stereocenters. The monoisotopic (exact) mass is 240 g/mol. The van der Waals surface area contributed by atoms with Crippen LogP contribution in [0.5, 0.6) is 6.01 Å². The van der Waals surface area contributed by atoms with Crippen LogP contribution in [0.1, 0.15) is 18.3 Å². The Morgan fingerprint density at radius 3 is 2.88 bits per heavy atom. The lowest BCUT2D eigenvalue weighted by molar-refractivity contribution is 0.0853. The molecule has 1 aromatic heterocycles. The summed E-state index contributed by atoms with van der Waals surface area (Å²) in [5.41, 5.74) is 6.44. The van der Waals surface area contributed by atoms with Crippen molar-refractivity contribution in [3.63, 3.8) is 0 Å². The van der Waals surface area contributed by atoms with Gasteiger partial charge in [-0.15, -0.1) is 0 Å². The molecule has 1 rings (SSSR count). The Morgan fingerprint density at radius 2 is 2.29 bits per heavy atom. The zero-order valence-electron chi connectivity index (χ0n) is 10.0. The van der Waals surface area contributed by atoms with E-state index in [1.165, 1.54) is 0 Å². The normalized spacial score (nSPS) is 13.5. The van der Waals surface area contributed by atoms with Crippen LogP contribution in [0.15, 0.2) is 11.2 Å². The minimum Gasteiger partial charge on any atom is -0.458 e. The summed E-state index contributed by atoms with van der Waals surface area (Å²) in [6.07, 6.45) is -0.179. The number of amidine groups is 1. The average molecular weight is 240 g/mol. The lowest BCUT2D eigenvalue weighted by atomic mass is 10.3. The molecule has 1 heterocycles. The SMILES string of the molecule is COCC(C)Oc1nc(C)cc(/C(N)=N/O)n1. The molecule has 7 nitrogen and oxygen atoms in total. The maximum absolute atomic E-state index is 8.58. The molecule has 94 valence electrons. The second-order valence-electron chi connectivity index (χ2n) is 3.55. The first kappa shape index (κ1) is 13.2. The largest absolute Gasteiger partial charge is 0.458 e. The number of methoxy groups -OCH3 is 1. The Kier molecular flexibility index (Phi) is 4.65. The molecule has 0 saturated heterocycles. The summed E-state index contributed by atoms with van der Waals surface area (Å²) < 4.78 is 10.4. The molecule has 0 aliphatic carbocycles. The molecule has 0 radical (unpaired) electrons. The highest BCUT2D eigenvalue weighted by Crippen LogP contribution is 2.09. The van der Waals surface area contributed by atoms with Gasteiger partial charge in [0.1, 0.15) is 11.8 Å². The molecule has 0 amide bonds. The molecule has 0 aliphatic heterocycles. The van der Waals surface area contributed by atoms with Crippen LogP contribution < -0.4 is 10.5 Å². The van der Waals surface area contributed by atoms with Gasteiger partial charge in [-0.05, 0) is 19.9 Å². The van der Waals surface area contributed by atoms with E-state index in [9.17, 15) is 0 Å². The van der Waals surface area contributed by atoms with Crippen LogP contribution >= 0.6 is 0 Å². The summed E-state index contributed by atoms with van der Waals surface area (Å²) in [4.78, 5) is 8.11. The predicted molar refractivity (Wildman–Crippen MR) is 61.2 cm³/mol. The molecule has 1 unspecified atom stereocenters. The van der Waals surface area contributed by atoms with Crippen LogP contribution in [0.2, 0.25) is 0 Å². The van der Waals surface area contributed by atoms with Gasteiger partial charge in [0.05, 0.1) is 6.61 Å². The first-order valence-corrected chi connectivity index (χ1v) is 5.06. The van der Waals surface area contributed by atoms with Gasteiger partial charge < -0.3 is 20.4 Å². The van der Waals surface area contributed by atoms with E-state index in [0.29, 0.717) is 18.0 Å². The highest BCUT2D eigenvalue weighted by molar-refractivity contribution is 5.95. The van der Waals surface area contributed by atoms with E-state index in [-0.39, 0.29) is 18.0 Å². The molecule has 0 spiro atoms. The van der Waals surface area contributed by atoms with Gasteiger partial charge in [0, 0.05) is 12.8 Å². The lowest BCUT2D eigenvalue weighted by Gasteiger charge is -2.12. The van der Waals surface area contributed by atoms with E-state index in [1.54, 1.807) is 20.1 Å². The summed E-state index contributed by atoms with van der Waals surface area (Å²) >= 11 is 0. The zero-order valence-corrected chi connectivity index (χ0v) is 10.0. The fourth-order valence-corrected chi connectivity index (χ4v) is 1.23. The second kappa shape index (κ2) is 6.00. The lowest BCUT2D eigenvalue weighted by Crippen LogP contribution is -2.21. The van der Waals surface area contributed by atoms with Crippen molar-refractivity contribution in [3.8, 4) is 6.01 Å². The van der Waals surface area contributed by atoms with Gasteiger partial charge in [0.2, 0.25) is 0 Å². The highest BCUT2D eigenvalue weighted by atomic mass is 16.5. The molecule has 17 heavy (non-hydrogen) atoms. The highest BCUT2D eigenvalue weighted by Gasteiger charge is 2.10. The summed E-state index contributed by atoms with van der Waals surface area (Å²) in [7, 11) is 1.58. The maximum atomic E-state index is 8.58. The molecular formula is C10H16N4O3. The minimum atomic E-state index is -0.179. The van der Waals surface area contributed by atoms with Gasteiger partial charge in [0.25, 0.3) is 0 Å². The van der Waals surface area contributed by atoms with Crippen LogP contribution in [0.3, 0.4) is 0 Å². The van der Waals surface area contributed by atoms with Crippen LogP contribution in [0, 0.1) is 6.92 Å². The standard InChI is InChI=1S/C10H16N4O3/c1-6-4-8(9(11)14-15)13-10(12-6)17-7(2)5-16-3/h4,7,15H,5H2,1-3H3,(H2,11,14). The second-order valence-corrected chi connectivity index (χ2v) is 3.55. The van der Waals surface area contributed by atoms with Gasteiger partial charge in [-0.3, -0.25) is 0 Å². The summed E-state index contributed by atoms with van der Waals surface area (Å²) in [5, 5.41) is 11.5. The topological polar surface area (TPSA) is 103 Å². The van der Waals surface area contributed by atoms with E-state index in [4.69, 9.17) is 20.4 Å². The quantitative estimate of drug-likeness (QED) is 0.332. The van der Waals surface area contributed by atoms with Crippen LogP contribution in [-0.2, 0) is 4.74 Å². The number of ether oxygens (including phenoxy) is 2. The molecular weight excluding hydrogens is 224 g/mol. The third-order valence-corrected chi connectivity index (χ3v) is 1.91. The van der Waals surface area contributed by atoms with E-state index < -0.39 is 0 Å². The van der Waals surface area contributed by atoms with E-state index >= 15 is 0 Å². The molecule has 0 aliphatic rings. The van der Waals surface area contributed by atoms with Crippen molar-refractivity contribution in [1.82, 2.24) is 9.97 Å². The average Bonchev–Trinajstić information content (AvgIpc) is 2.27. The number of oxime groups is 1. The molecule has 1 aromatic rings. The number of rotatable bonds is 5. The predicted octanol–water partition coefficient (Wildman–Crippen LogP) is 0.293. The Bertz CT molecular complexity index is 409. The third-order valence-electron chi connectivity index (χ3n) is 1.91. The van der Waals surface area contributed by atoms with Crippen molar-refractivity contribution in [3.05, 3.63) is 17.5 Å². The number of nitrogens with two attached hydrogens (primary N) is 1. The first-order valence-electron chi connectivity index (χ1n) is 5.06. The summed E-state index contributed by atoms with van der Waals surface area (Å²) in [6.45, 7) is 4.03. The summed E-state index contributed by atoms with van der Waals surface area (Å²) in [6, 6.07) is 1.78. The zero-order chi connectivity index (χ0) is 12.8. The Morgan fingerprint density at radius 1 is 1.59 bits per heavy atom. The molecule has 0 fully saturated rings. The number of aromatic nitrogens is 2. The van der Waals surface area contributed by atoms with Crippen molar-refractivity contribution in [2.24, 2.45) is 10.9 Å². The van der Waals surface area contributed by atoms with Crippen molar-refractivity contribution in [2.45, 2.75) is 20.0 Å². The van der Waals surface area contributed by atoms with Gasteiger partial charge >= 0.3 is 6.01 Å². The number of aryl methyl sites for hydroxylation is 1. The van der Waals surface area contributed by atoms with Crippen LogP contribution in [-0.4, -0.2) is 40.8 Å². The van der Waals surface area contributed by atoms with E-state index in [0.717, 1.165) is 0 Å². The van der Waals surface area contributed by atoms with Gasteiger partial charge in [-0.2, -0.15) is 4.98 Å². The Labute approximate surface area is 99.3 Å².